The zero-order chi connectivity index (χ0) is 25.7. The lowest BCUT2D eigenvalue weighted by molar-refractivity contribution is -0.0715. The Morgan fingerprint density at radius 1 is 0.833 bits per heavy atom. The van der Waals surface area contributed by atoms with Crippen molar-refractivity contribution < 1.29 is 26.7 Å². The molecule has 192 valence electrons. The van der Waals surface area contributed by atoms with Gasteiger partial charge in [0.25, 0.3) is 5.92 Å². The number of hydrogen-bond donors (Lipinski definition) is 0. The summed E-state index contributed by atoms with van der Waals surface area (Å²) >= 11 is 0. The van der Waals surface area contributed by atoms with Crippen molar-refractivity contribution in [1.29, 1.82) is 0 Å². The van der Waals surface area contributed by atoms with Crippen molar-refractivity contribution in [2.24, 2.45) is 5.92 Å². The number of hydrogen-bond acceptors (Lipinski definition) is 1. The van der Waals surface area contributed by atoms with Gasteiger partial charge in [-0.15, -0.1) is 0 Å². The summed E-state index contributed by atoms with van der Waals surface area (Å²) in [5, 5.41) is 0. The van der Waals surface area contributed by atoms with Gasteiger partial charge < -0.3 is 4.74 Å². The third-order valence-corrected chi connectivity index (χ3v) is 7.19. The molecule has 1 fully saturated rings. The molecule has 0 amide bonds. The van der Waals surface area contributed by atoms with Crippen LogP contribution in [0.5, 0.6) is 5.75 Å². The van der Waals surface area contributed by atoms with Crippen molar-refractivity contribution in [3.8, 4) is 16.9 Å². The van der Waals surface area contributed by atoms with Crippen molar-refractivity contribution >= 4 is 0 Å². The van der Waals surface area contributed by atoms with Crippen molar-refractivity contribution in [1.82, 2.24) is 0 Å². The third-order valence-electron chi connectivity index (χ3n) is 7.19. The van der Waals surface area contributed by atoms with Gasteiger partial charge in [0, 0.05) is 12.3 Å². The van der Waals surface area contributed by atoms with Gasteiger partial charge in [0.15, 0.2) is 11.6 Å². The molecule has 0 N–H and O–H groups in total. The molecule has 1 nitrogen and oxygen atoms in total. The summed E-state index contributed by atoms with van der Waals surface area (Å²) in [7, 11) is 0. The largest absolute Gasteiger partial charge is 0.432 e. The minimum absolute atomic E-state index is 0.338. The smallest absolute Gasteiger partial charge is 0.387 e. The minimum atomic E-state index is -3.11. The van der Waals surface area contributed by atoms with E-state index in [1.54, 1.807) is 24.3 Å². The first-order chi connectivity index (χ1) is 17.2. The lowest BCUT2D eigenvalue weighted by Gasteiger charge is -2.34. The van der Waals surface area contributed by atoms with E-state index in [4.69, 9.17) is 0 Å². The highest BCUT2D eigenvalue weighted by atomic mass is 19.3. The molecule has 0 saturated heterocycles. The zero-order valence-corrected chi connectivity index (χ0v) is 20.3. The summed E-state index contributed by atoms with van der Waals surface area (Å²) in [6.07, 6.45) is 4.35. The Morgan fingerprint density at radius 2 is 1.44 bits per heavy atom. The molecule has 6 heteroatoms. The summed E-state index contributed by atoms with van der Waals surface area (Å²) in [6.45, 7) is -0.960. The molecule has 0 radical (unpaired) electrons. The van der Waals surface area contributed by atoms with Crippen molar-refractivity contribution in [3.05, 3.63) is 89.2 Å². The second-order valence-electron chi connectivity index (χ2n) is 9.70. The van der Waals surface area contributed by atoms with Gasteiger partial charge in [0.05, 0.1) is 0 Å². The molecule has 0 bridgehead atoms. The maximum absolute atomic E-state index is 15.2. The lowest BCUT2D eigenvalue weighted by atomic mass is 9.75. The monoisotopic (exact) mass is 502 g/mol. The van der Waals surface area contributed by atoms with E-state index in [2.05, 4.69) is 35.9 Å². The summed E-state index contributed by atoms with van der Waals surface area (Å²) in [5.74, 6) is -4.56. The Morgan fingerprint density at radius 3 is 2.03 bits per heavy atom. The Labute approximate surface area is 209 Å². The van der Waals surface area contributed by atoms with E-state index in [0.717, 1.165) is 37.8 Å². The molecule has 0 spiro atoms. The number of rotatable bonds is 9. The first-order valence-corrected chi connectivity index (χ1v) is 12.6. The van der Waals surface area contributed by atoms with Gasteiger partial charge in [-0.1, -0.05) is 67.9 Å². The molecule has 1 aliphatic rings. The molecule has 0 aromatic heterocycles. The fourth-order valence-corrected chi connectivity index (χ4v) is 5.20. The molecule has 0 unspecified atom stereocenters. The van der Waals surface area contributed by atoms with E-state index in [0.29, 0.717) is 35.4 Å². The van der Waals surface area contributed by atoms with Crippen LogP contribution in [0.4, 0.5) is 22.0 Å². The van der Waals surface area contributed by atoms with E-state index in [9.17, 15) is 13.2 Å². The van der Waals surface area contributed by atoms with E-state index in [-0.39, 0.29) is 6.42 Å². The van der Waals surface area contributed by atoms with E-state index in [1.807, 2.05) is 0 Å². The highest BCUT2D eigenvalue weighted by Gasteiger charge is 2.41. The predicted molar refractivity (Wildman–Crippen MR) is 132 cm³/mol. The van der Waals surface area contributed by atoms with Gasteiger partial charge >= 0.3 is 6.61 Å². The van der Waals surface area contributed by atoms with E-state index >= 15 is 8.78 Å². The first-order valence-electron chi connectivity index (χ1n) is 12.6. The van der Waals surface area contributed by atoms with Gasteiger partial charge in [-0.2, -0.15) is 8.78 Å². The second-order valence-corrected chi connectivity index (χ2v) is 9.70. The molecule has 1 saturated carbocycles. The Kier molecular flexibility index (Phi) is 8.32. The average Bonchev–Trinajstić information content (AvgIpc) is 2.86. The summed E-state index contributed by atoms with van der Waals surface area (Å²) in [4.78, 5) is 0. The molecular weight excluding hydrogens is 471 g/mol. The SMILES string of the molecule is CCCc1ccc(C2CCC(C(F)(F)Cc3ccc(-c4ccc(OC(F)F)c(F)c4)cc3)CC2)cc1. The number of halogens is 5. The van der Waals surface area contributed by atoms with Gasteiger partial charge in [0.1, 0.15) is 0 Å². The molecular formula is C30H31F5O. The van der Waals surface area contributed by atoms with Gasteiger partial charge in [-0.3, -0.25) is 0 Å². The topological polar surface area (TPSA) is 9.23 Å². The molecule has 1 aliphatic carbocycles. The van der Waals surface area contributed by atoms with Gasteiger partial charge in [-0.05, 0) is 78.0 Å². The second kappa shape index (κ2) is 11.4. The fourth-order valence-electron chi connectivity index (χ4n) is 5.20. The molecule has 0 atom stereocenters. The van der Waals surface area contributed by atoms with Crippen LogP contribution in [0.1, 0.15) is 61.6 Å². The molecule has 3 aromatic rings. The van der Waals surface area contributed by atoms with E-state index < -0.39 is 30.0 Å². The van der Waals surface area contributed by atoms with Crippen LogP contribution in [0.3, 0.4) is 0 Å². The number of benzene rings is 3. The minimum Gasteiger partial charge on any atom is -0.432 e. The van der Waals surface area contributed by atoms with Gasteiger partial charge in [0.2, 0.25) is 0 Å². The summed E-state index contributed by atoms with van der Waals surface area (Å²) in [5.41, 5.74) is 4.13. The molecule has 0 heterocycles. The zero-order valence-electron chi connectivity index (χ0n) is 20.3. The third kappa shape index (κ3) is 6.45. The quantitative estimate of drug-likeness (QED) is 0.265. The van der Waals surface area contributed by atoms with Crippen LogP contribution in [-0.4, -0.2) is 12.5 Å². The molecule has 36 heavy (non-hydrogen) atoms. The summed E-state index contributed by atoms with van der Waals surface area (Å²) < 4.78 is 73.1. The molecule has 4 rings (SSSR count). The van der Waals surface area contributed by atoms with Crippen molar-refractivity contribution in [3.63, 3.8) is 0 Å². The Bertz CT molecular complexity index is 1120. The van der Waals surface area contributed by atoms with Crippen LogP contribution in [0.15, 0.2) is 66.7 Å². The number of alkyl halides is 4. The molecule has 0 aliphatic heterocycles. The van der Waals surface area contributed by atoms with Gasteiger partial charge in [-0.25, -0.2) is 13.2 Å². The van der Waals surface area contributed by atoms with Crippen LogP contribution in [0.2, 0.25) is 0 Å². The van der Waals surface area contributed by atoms with Crippen LogP contribution in [0, 0.1) is 11.7 Å². The lowest BCUT2D eigenvalue weighted by Crippen LogP contribution is -2.33. The summed E-state index contributed by atoms with van der Waals surface area (Å²) in [6, 6.07) is 18.8. The maximum Gasteiger partial charge on any atom is 0.387 e. The van der Waals surface area contributed by atoms with Crippen LogP contribution >= 0.6 is 0 Å². The van der Waals surface area contributed by atoms with Crippen LogP contribution < -0.4 is 4.74 Å². The molecule has 3 aromatic carbocycles. The Balaban J connectivity index is 1.34. The number of aryl methyl sites for hydroxylation is 1. The highest BCUT2D eigenvalue weighted by molar-refractivity contribution is 5.64. The number of ether oxygens (including phenoxy) is 1. The van der Waals surface area contributed by atoms with Crippen LogP contribution in [0.25, 0.3) is 11.1 Å². The average molecular weight is 503 g/mol. The highest BCUT2D eigenvalue weighted by Crippen LogP contribution is 2.43. The standard InChI is InChI=1S/C30H31F5O/c1-2-3-20-4-8-22(9-5-20)23-12-15-26(16-13-23)30(34,35)19-21-6-10-24(11-7-21)25-14-17-28(27(31)18-25)36-29(32)33/h4-11,14,17-18,23,26,29H,2-3,12-13,15-16,19H2,1H3. The maximum atomic E-state index is 15.2. The first kappa shape index (κ1) is 26.2. The van der Waals surface area contributed by atoms with E-state index in [1.165, 1.54) is 17.2 Å². The van der Waals surface area contributed by atoms with Crippen molar-refractivity contribution in [2.45, 2.75) is 70.3 Å². The van der Waals surface area contributed by atoms with Crippen LogP contribution in [-0.2, 0) is 12.8 Å². The Hall–Kier alpha value is -2.89. The van der Waals surface area contributed by atoms with Crippen molar-refractivity contribution in [2.75, 3.05) is 0 Å². The predicted octanol–water partition coefficient (Wildman–Crippen LogP) is 9.20. The fraction of sp³-hybridized carbons (Fsp3) is 0.400. The normalized spacial score (nSPS) is 18.4.